The number of halogens is 1. The zero-order chi connectivity index (χ0) is 27.2. The van der Waals surface area contributed by atoms with E-state index in [1.54, 1.807) is 42.5 Å². The molecule has 1 fully saturated rings. The molecule has 2 aromatic carbocycles. The van der Waals surface area contributed by atoms with E-state index in [0.29, 0.717) is 12.0 Å². The molecule has 5 nitrogen and oxygen atoms in total. The molecule has 4 aromatic rings. The van der Waals surface area contributed by atoms with Gasteiger partial charge in [-0.3, -0.25) is 13.6 Å². The van der Waals surface area contributed by atoms with Gasteiger partial charge in [-0.25, -0.2) is 9.37 Å². The SMILES string of the molecule is COc1ccc(-c2c(CCNSCC3CCN(C(C)c4ccc(F)cc4)C3)nc(-c3cccs3)n2SC)cc1. The lowest BCUT2D eigenvalue weighted by atomic mass is 10.1. The summed E-state index contributed by atoms with van der Waals surface area (Å²) in [7, 11) is 1.69. The molecule has 0 bridgehead atoms. The predicted molar refractivity (Wildman–Crippen MR) is 165 cm³/mol. The van der Waals surface area contributed by atoms with Crippen molar-refractivity contribution < 1.29 is 9.13 Å². The van der Waals surface area contributed by atoms with Crippen LogP contribution in [0.15, 0.2) is 66.0 Å². The highest BCUT2D eigenvalue weighted by atomic mass is 32.2. The number of hydrogen-bond donors (Lipinski definition) is 1. The van der Waals surface area contributed by atoms with Crippen LogP contribution >= 0.6 is 35.2 Å². The molecule has 5 rings (SSSR count). The Morgan fingerprint density at radius 2 is 1.95 bits per heavy atom. The maximum Gasteiger partial charge on any atom is 0.161 e. The lowest BCUT2D eigenvalue weighted by Crippen LogP contribution is -2.25. The lowest BCUT2D eigenvalue weighted by molar-refractivity contribution is 0.255. The molecule has 2 atom stereocenters. The molecule has 206 valence electrons. The smallest absolute Gasteiger partial charge is 0.161 e. The number of methoxy groups -OCH3 is 1. The molecule has 0 saturated carbocycles. The van der Waals surface area contributed by atoms with Gasteiger partial charge in [0.1, 0.15) is 11.6 Å². The normalized spacial score (nSPS) is 16.6. The molecule has 3 heterocycles. The molecule has 1 saturated heterocycles. The molecule has 1 aliphatic rings. The Hall–Kier alpha value is -2.30. The third-order valence-electron chi connectivity index (χ3n) is 7.30. The van der Waals surface area contributed by atoms with Gasteiger partial charge in [-0.2, -0.15) is 0 Å². The monoisotopic (exact) mass is 582 g/mol. The molecule has 0 spiro atoms. The van der Waals surface area contributed by atoms with E-state index in [0.717, 1.165) is 60.3 Å². The van der Waals surface area contributed by atoms with Gasteiger partial charge in [-0.15, -0.1) is 11.3 Å². The summed E-state index contributed by atoms with van der Waals surface area (Å²) in [5.41, 5.74) is 4.58. The molecule has 1 aliphatic heterocycles. The summed E-state index contributed by atoms with van der Waals surface area (Å²) in [5, 5.41) is 2.10. The average Bonchev–Trinajstić information content (AvgIpc) is 3.73. The maximum absolute atomic E-state index is 13.3. The number of ether oxygens (including phenoxy) is 1. The topological polar surface area (TPSA) is 42.3 Å². The van der Waals surface area contributed by atoms with Crippen LogP contribution in [-0.2, 0) is 6.42 Å². The Morgan fingerprint density at radius 3 is 2.64 bits per heavy atom. The van der Waals surface area contributed by atoms with E-state index in [1.807, 2.05) is 36.2 Å². The average molecular weight is 583 g/mol. The van der Waals surface area contributed by atoms with Gasteiger partial charge < -0.3 is 4.74 Å². The van der Waals surface area contributed by atoms with Crippen LogP contribution in [0, 0.1) is 11.7 Å². The van der Waals surface area contributed by atoms with Gasteiger partial charge in [-0.1, -0.05) is 30.1 Å². The number of benzene rings is 2. The Kier molecular flexibility index (Phi) is 9.68. The molecule has 0 radical (unpaired) electrons. The van der Waals surface area contributed by atoms with E-state index in [-0.39, 0.29) is 5.82 Å². The number of thiophene rings is 1. The zero-order valence-corrected chi connectivity index (χ0v) is 25.1. The molecule has 2 aromatic heterocycles. The van der Waals surface area contributed by atoms with Crippen LogP contribution in [0.5, 0.6) is 5.75 Å². The number of aromatic nitrogens is 2. The number of nitrogens with zero attached hydrogens (tertiary/aromatic N) is 3. The fraction of sp³-hybridized carbons (Fsp3) is 0.367. The number of likely N-dealkylation sites (tertiary alicyclic amines) is 1. The van der Waals surface area contributed by atoms with Crippen LogP contribution in [0.4, 0.5) is 4.39 Å². The van der Waals surface area contributed by atoms with Crippen molar-refractivity contribution in [3.63, 3.8) is 0 Å². The third-order valence-corrected chi connectivity index (χ3v) is 9.93. The van der Waals surface area contributed by atoms with Crippen molar-refractivity contribution in [1.82, 2.24) is 18.6 Å². The first-order valence-corrected chi connectivity index (χ1v) is 16.3. The molecule has 0 amide bonds. The number of imidazole rings is 1. The molecule has 1 N–H and O–H groups in total. The highest BCUT2D eigenvalue weighted by Gasteiger charge is 2.27. The minimum absolute atomic E-state index is 0.174. The van der Waals surface area contributed by atoms with Gasteiger partial charge in [0.15, 0.2) is 5.82 Å². The van der Waals surface area contributed by atoms with E-state index < -0.39 is 0 Å². The summed E-state index contributed by atoms with van der Waals surface area (Å²) < 4.78 is 24.5. The number of nitrogens with one attached hydrogen (secondary N) is 1. The Morgan fingerprint density at radius 1 is 1.15 bits per heavy atom. The summed E-state index contributed by atoms with van der Waals surface area (Å²) >= 11 is 5.23. The number of rotatable bonds is 12. The first-order valence-electron chi connectivity index (χ1n) is 13.3. The largest absolute Gasteiger partial charge is 0.497 e. The van der Waals surface area contributed by atoms with Gasteiger partial charge in [0.25, 0.3) is 0 Å². The van der Waals surface area contributed by atoms with Crippen molar-refractivity contribution in [2.24, 2.45) is 5.92 Å². The fourth-order valence-corrected chi connectivity index (χ4v) is 7.45. The van der Waals surface area contributed by atoms with Crippen LogP contribution in [-0.4, -0.2) is 52.6 Å². The minimum atomic E-state index is -0.174. The van der Waals surface area contributed by atoms with Crippen LogP contribution in [0.3, 0.4) is 0 Å². The minimum Gasteiger partial charge on any atom is -0.497 e. The summed E-state index contributed by atoms with van der Waals surface area (Å²) in [4.78, 5) is 8.81. The van der Waals surface area contributed by atoms with Crippen molar-refractivity contribution in [2.75, 3.05) is 38.8 Å². The standard InChI is InChI=1S/C30H35FN4OS3/c1-21(23-6-10-25(31)11-7-23)34-17-15-22(19-34)20-39-32-16-14-27-29(24-8-12-26(36-2)13-9-24)35(37-3)30(33-27)28-5-4-18-38-28/h4-13,18,21-22,32H,14-17,19-20H2,1-3H3. The van der Waals surface area contributed by atoms with Gasteiger partial charge >= 0.3 is 0 Å². The second-order valence-corrected chi connectivity index (χ2v) is 12.3. The van der Waals surface area contributed by atoms with Crippen molar-refractivity contribution in [1.29, 1.82) is 0 Å². The van der Waals surface area contributed by atoms with Crippen molar-refractivity contribution in [3.05, 3.63) is 83.1 Å². The van der Waals surface area contributed by atoms with E-state index in [2.05, 4.69) is 56.4 Å². The van der Waals surface area contributed by atoms with Gasteiger partial charge in [-0.05, 0) is 91.2 Å². The molecular formula is C30H35FN4OS3. The molecule has 9 heteroatoms. The quantitative estimate of drug-likeness (QED) is 0.139. The van der Waals surface area contributed by atoms with Gasteiger partial charge in [0.05, 0.1) is 23.4 Å². The van der Waals surface area contributed by atoms with E-state index in [9.17, 15) is 4.39 Å². The first-order chi connectivity index (χ1) is 19.1. The Bertz CT molecular complexity index is 1330. The Labute approximate surface area is 243 Å². The summed E-state index contributed by atoms with van der Waals surface area (Å²) in [5.74, 6) is 3.42. The maximum atomic E-state index is 13.3. The van der Waals surface area contributed by atoms with E-state index in [1.165, 1.54) is 16.9 Å². The molecule has 0 aliphatic carbocycles. The lowest BCUT2D eigenvalue weighted by Gasteiger charge is -2.24. The molecule has 39 heavy (non-hydrogen) atoms. The second kappa shape index (κ2) is 13.4. The van der Waals surface area contributed by atoms with Crippen molar-refractivity contribution >= 4 is 35.2 Å². The highest BCUT2D eigenvalue weighted by Crippen LogP contribution is 2.36. The van der Waals surface area contributed by atoms with Crippen LogP contribution in [0.25, 0.3) is 22.0 Å². The number of hydrogen-bond acceptors (Lipinski definition) is 7. The zero-order valence-electron chi connectivity index (χ0n) is 22.6. The van der Waals surface area contributed by atoms with Gasteiger partial charge in [0, 0.05) is 43.1 Å². The highest BCUT2D eigenvalue weighted by molar-refractivity contribution is 7.97. The second-order valence-electron chi connectivity index (χ2n) is 9.75. The molecular weight excluding hydrogens is 548 g/mol. The Balaban J connectivity index is 1.18. The third kappa shape index (κ3) is 6.72. The van der Waals surface area contributed by atoms with E-state index >= 15 is 0 Å². The van der Waals surface area contributed by atoms with Crippen LogP contribution < -0.4 is 9.46 Å². The van der Waals surface area contributed by atoms with Crippen LogP contribution in [0.2, 0.25) is 0 Å². The molecule has 2 unspecified atom stereocenters. The fourth-order valence-electron chi connectivity index (χ4n) is 5.12. The predicted octanol–water partition coefficient (Wildman–Crippen LogP) is 7.42. The van der Waals surface area contributed by atoms with Crippen molar-refractivity contribution in [3.8, 4) is 27.7 Å². The summed E-state index contributed by atoms with van der Waals surface area (Å²) in [6, 6.07) is 19.7. The van der Waals surface area contributed by atoms with Crippen molar-refractivity contribution in [2.45, 2.75) is 25.8 Å². The first kappa shape index (κ1) is 28.2. The van der Waals surface area contributed by atoms with E-state index in [4.69, 9.17) is 9.72 Å². The van der Waals surface area contributed by atoms with Crippen LogP contribution in [0.1, 0.15) is 30.6 Å². The summed E-state index contributed by atoms with van der Waals surface area (Å²) in [6.45, 7) is 5.24. The summed E-state index contributed by atoms with van der Waals surface area (Å²) in [6.07, 6.45) is 4.15. The van der Waals surface area contributed by atoms with Gasteiger partial charge in [0.2, 0.25) is 0 Å².